The molecule has 9 heteroatoms. The van der Waals surface area contributed by atoms with E-state index in [-0.39, 0.29) is 0 Å². The van der Waals surface area contributed by atoms with Gasteiger partial charge >= 0.3 is 18.1 Å². The van der Waals surface area contributed by atoms with Crippen LogP contribution < -0.4 is 5.14 Å². The van der Waals surface area contributed by atoms with Crippen LogP contribution in [0.1, 0.15) is 0 Å². The fourth-order valence-electron chi connectivity index (χ4n) is 0.135. The largest absolute Gasteiger partial charge is 0.485 e. The average Bonchev–Trinajstić information content (AvgIpc) is 1.14. The maximum atomic E-state index is 9.71. The summed E-state index contributed by atoms with van der Waals surface area (Å²) in [5.41, 5.74) is 0. The van der Waals surface area contributed by atoms with E-state index in [1.165, 1.54) is 0 Å². The second-order valence-electron chi connectivity index (χ2n) is 1.06. The maximum absolute atomic E-state index is 9.71. The van der Waals surface area contributed by atoms with E-state index >= 15 is 0 Å². The Hall–Kier alpha value is 0.0200. The lowest BCUT2D eigenvalue weighted by Gasteiger charge is -1.98. The highest BCUT2D eigenvalue weighted by Gasteiger charge is 2.21. The summed E-state index contributed by atoms with van der Waals surface area (Å²) in [7, 11) is -9.55. The third-order valence-corrected chi connectivity index (χ3v) is 1.81. The number of phosphoric acid groups is 1. The first-order valence-corrected chi connectivity index (χ1v) is 4.50. The quantitative estimate of drug-likeness (QED) is 0.431. The Labute approximate surface area is 50.9 Å². The van der Waals surface area contributed by atoms with E-state index in [1.807, 2.05) is 0 Å². The zero-order chi connectivity index (χ0) is 7.71. The third kappa shape index (κ3) is 8.02. The van der Waals surface area contributed by atoms with Gasteiger partial charge in [-0.05, 0) is 0 Å². The van der Waals surface area contributed by atoms with Crippen LogP contribution in [0.3, 0.4) is 0 Å². The lowest BCUT2D eigenvalue weighted by atomic mass is 13.9. The Bertz CT molecular complexity index is 219. The molecular weight excluding hydrogens is 173 g/mol. The summed E-state index contributed by atoms with van der Waals surface area (Å²) < 4.78 is 32.1. The van der Waals surface area contributed by atoms with Crippen LogP contribution in [0, 0.1) is 0 Å². The molecule has 0 fully saturated rings. The molecule has 0 aliphatic carbocycles. The summed E-state index contributed by atoms with van der Waals surface area (Å²) in [5, 5.41) is 4.08. The summed E-state index contributed by atoms with van der Waals surface area (Å²) in [4.78, 5) is 15.6. The van der Waals surface area contributed by atoms with Crippen molar-refractivity contribution in [3.8, 4) is 0 Å². The smallest absolute Gasteiger partial charge is 0.302 e. The van der Waals surface area contributed by atoms with Crippen LogP contribution in [-0.2, 0) is 18.8 Å². The van der Waals surface area contributed by atoms with Crippen LogP contribution in [-0.4, -0.2) is 18.2 Å². The van der Waals surface area contributed by atoms with Crippen LogP contribution in [0.15, 0.2) is 0 Å². The maximum Gasteiger partial charge on any atom is 0.485 e. The van der Waals surface area contributed by atoms with Gasteiger partial charge in [0.2, 0.25) is 0 Å². The van der Waals surface area contributed by atoms with Crippen LogP contribution in [0.4, 0.5) is 0 Å². The van der Waals surface area contributed by atoms with Crippen LogP contribution in [0.2, 0.25) is 0 Å². The molecule has 0 amide bonds. The van der Waals surface area contributed by atoms with Gasteiger partial charge in [-0.3, -0.25) is 0 Å². The Kier molecular flexibility index (Phi) is 2.34. The van der Waals surface area contributed by atoms with Crippen molar-refractivity contribution in [1.82, 2.24) is 0 Å². The Morgan fingerprint density at radius 2 is 1.78 bits per heavy atom. The van der Waals surface area contributed by atoms with Crippen molar-refractivity contribution in [3.05, 3.63) is 0 Å². The van der Waals surface area contributed by atoms with Crippen molar-refractivity contribution in [2.75, 3.05) is 0 Å². The molecule has 0 saturated carbocycles. The molecule has 0 bridgehead atoms. The number of rotatable bonds is 2. The minimum atomic E-state index is -5.00. The van der Waals surface area contributed by atoms with Crippen molar-refractivity contribution < 1.29 is 26.7 Å². The third-order valence-electron chi connectivity index (χ3n) is 0.201. The summed E-state index contributed by atoms with van der Waals surface area (Å²) in [6, 6.07) is 0. The van der Waals surface area contributed by atoms with Crippen molar-refractivity contribution in [1.29, 1.82) is 0 Å². The molecule has 0 atom stereocenters. The van der Waals surface area contributed by atoms with Crippen LogP contribution >= 0.6 is 7.82 Å². The number of hydrogen-bond acceptors (Lipinski definition) is 4. The Morgan fingerprint density at radius 1 is 1.44 bits per heavy atom. The summed E-state index contributed by atoms with van der Waals surface area (Å²) in [5.74, 6) is 0. The van der Waals surface area contributed by atoms with E-state index in [4.69, 9.17) is 9.79 Å². The summed E-state index contributed by atoms with van der Waals surface area (Å²) in [6.07, 6.45) is 0. The molecular formula is H4NO6PS. The second kappa shape index (κ2) is 2.33. The molecule has 0 heterocycles. The van der Waals surface area contributed by atoms with E-state index in [9.17, 15) is 13.0 Å². The standard InChI is InChI=1S/H4NO6PS/c1-9(5,6)7-8(2,3)4/h(H2,1,5,6)(H2,2,3,4). The molecule has 0 rings (SSSR count). The molecule has 56 valence electrons. The van der Waals surface area contributed by atoms with Gasteiger partial charge in [0, 0.05) is 0 Å². The van der Waals surface area contributed by atoms with Crippen molar-refractivity contribution in [2.24, 2.45) is 5.14 Å². The van der Waals surface area contributed by atoms with Gasteiger partial charge in [-0.2, -0.15) is 12.4 Å². The highest BCUT2D eigenvalue weighted by Crippen LogP contribution is 2.36. The Morgan fingerprint density at radius 3 is 1.78 bits per heavy atom. The first kappa shape index (κ1) is 9.02. The molecule has 7 nitrogen and oxygen atoms in total. The fraction of sp³-hybridized carbons (Fsp3) is 0. The van der Waals surface area contributed by atoms with E-state index in [0.29, 0.717) is 0 Å². The highest BCUT2D eigenvalue weighted by molar-refractivity contribution is 7.88. The zero-order valence-corrected chi connectivity index (χ0v) is 5.67. The Balaban J connectivity index is 4.26. The molecule has 9 heavy (non-hydrogen) atoms. The van der Waals surface area contributed by atoms with Crippen LogP contribution in [0.5, 0.6) is 0 Å². The minimum absolute atomic E-state index is 3.04. The van der Waals surface area contributed by atoms with Gasteiger partial charge in [0.25, 0.3) is 0 Å². The molecule has 0 aromatic heterocycles. The molecule has 0 aliphatic rings. The molecule has 0 aliphatic heterocycles. The minimum Gasteiger partial charge on any atom is -0.302 e. The first-order valence-electron chi connectivity index (χ1n) is 1.50. The molecule has 0 aromatic carbocycles. The van der Waals surface area contributed by atoms with Gasteiger partial charge in [0.1, 0.15) is 0 Å². The van der Waals surface area contributed by atoms with Gasteiger partial charge in [0.15, 0.2) is 0 Å². The lowest BCUT2D eigenvalue weighted by Crippen LogP contribution is -2.13. The van der Waals surface area contributed by atoms with Crippen molar-refractivity contribution in [3.63, 3.8) is 0 Å². The molecule has 0 saturated heterocycles. The number of nitrogens with two attached hydrogens (primary N) is 1. The first-order chi connectivity index (χ1) is 3.71. The topological polar surface area (TPSA) is 127 Å². The van der Waals surface area contributed by atoms with Gasteiger partial charge < -0.3 is 9.79 Å². The van der Waals surface area contributed by atoms with Gasteiger partial charge in [-0.15, -0.1) is 0 Å². The van der Waals surface area contributed by atoms with E-state index in [0.717, 1.165) is 0 Å². The van der Waals surface area contributed by atoms with Crippen LogP contribution in [0.25, 0.3) is 0 Å². The van der Waals surface area contributed by atoms with Crippen molar-refractivity contribution in [2.45, 2.75) is 0 Å². The van der Waals surface area contributed by atoms with Crippen molar-refractivity contribution >= 4 is 18.1 Å². The van der Waals surface area contributed by atoms with Gasteiger partial charge in [0.05, 0.1) is 0 Å². The highest BCUT2D eigenvalue weighted by atomic mass is 32.2. The SMILES string of the molecule is NS(=O)(=O)OP(=O)(O)O. The van der Waals surface area contributed by atoms with Gasteiger partial charge in [-0.25, -0.2) is 9.70 Å². The predicted octanol–water partition coefficient (Wildman–Crippen LogP) is -1.70. The van der Waals surface area contributed by atoms with E-state index in [2.05, 4.69) is 9.11 Å². The monoisotopic (exact) mass is 177 g/mol. The molecule has 0 radical (unpaired) electrons. The normalized spacial score (nSPS) is 13.7. The van der Waals surface area contributed by atoms with E-state index < -0.39 is 18.1 Å². The summed E-state index contributed by atoms with van der Waals surface area (Å²) >= 11 is 0. The van der Waals surface area contributed by atoms with Gasteiger partial charge in [-0.1, -0.05) is 0 Å². The molecule has 0 aromatic rings. The second-order valence-corrected chi connectivity index (χ2v) is 3.62. The summed E-state index contributed by atoms with van der Waals surface area (Å²) in [6.45, 7) is 0. The molecule has 4 N–H and O–H groups in total. The lowest BCUT2D eigenvalue weighted by molar-refractivity contribution is 0.285. The average molecular weight is 177 g/mol. The number of hydrogen-bond donors (Lipinski definition) is 3. The fourth-order valence-corrected chi connectivity index (χ4v) is 1.22. The molecule has 0 spiro atoms. The zero-order valence-electron chi connectivity index (χ0n) is 3.96. The van der Waals surface area contributed by atoms with E-state index in [1.54, 1.807) is 0 Å². The molecule has 0 unspecified atom stereocenters. The predicted molar refractivity (Wildman–Crippen MR) is 26.2 cm³/mol.